The third-order valence-electron chi connectivity index (χ3n) is 1.78. The zero-order valence-corrected chi connectivity index (χ0v) is 8.97. The number of aromatic nitrogens is 1. The molecule has 0 bridgehead atoms. The number of alkyl halides is 6. The van der Waals surface area contributed by atoms with Crippen molar-refractivity contribution < 1.29 is 22.0 Å². The molecule has 0 aromatic carbocycles. The third-order valence-corrected chi connectivity index (χ3v) is 2.44. The number of hydrogen-bond acceptors (Lipinski definition) is 1. The molecule has 1 nitrogen and oxygen atoms in total. The van der Waals surface area contributed by atoms with Gasteiger partial charge in [-0.2, -0.15) is 13.2 Å². The van der Waals surface area contributed by atoms with Crippen LogP contribution in [-0.4, -0.2) is 4.98 Å². The summed E-state index contributed by atoms with van der Waals surface area (Å²) in [6.45, 7) is 0. The first-order chi connectivity index (χ1) is 7.29. The number of pyridine rings is 1. The Balaban J connectivity index is 3.44. The summed E-state index contributed by atoms with van der Waals surface area (Å²) in [7, 11) is 0. The van der Waals surface area contributed by atoms with Crippen LogP contribution in [0.1, 0.15) is 23.2 Å². The fourth-order valence-electron chi connectivity index (χ4n) is 1.07. The summed E-state index contributed by atoms with van der Waals surface area (Å²) in [5, 5.41) is -1.05. The SMILES string of the molecule is FC(F)c1c(CCl)ncc(C(F)(F)F)c1Cl. The van der Waals surface area contributed by atoms with Gasteiger partial charge in [0.25, 0.3) is 6.43 Å². The van der Waals surface area contributed by atoms with Crippen LogP contribution >= 0.6 is 23.2 Å². The van der Waals surface area contributed by atoms with Crippen LogP contribution in [0.25, 0.3) is 0 Å². The molecule has 1 aromatic heterocycles. The van der Waals surface area contributed by atoms with Crippen molar-refractivity contribution in [3.05, 3.63) is 28.0 Å². The Bertz CT molecular complexity index is 391. The van der Waals surface area contributed by atoms with E-state index >= 15 is 0 Å². The minimum atomic E-state index is -4.82. The Hall–Kier alpha value is -0.620. The zero-order valence-electron chi connectivity index (χ0n) is 7.45. The molecule has 0 saturated heterocycles. The lowest BCUT2D eigenvalue weighted by atomic mass is 10.1. The van der Waals surface area contributed by atoms with E-state index in [1.54, 1.807) is 0 Å². The van der Waals surface area contributed by atoms with E-state index in [-0.39, 0.29) is 5.69 Å². The maximum Gasteiger partial charge on any atom is 0.419 e. The highest BCUT2D eigenvalue weighted by Crippen LogP contribution is 2.40. The third kappa shape index (κ3) is 2.55. The monoisotopic (exact) mass is 279 g/mol. The van der Waals surface area contributed by atoms with Crippen LogP contribution in [0.2, 0.25) is 5.02 Å². The minimum Gasteiger partial charge on any atom is -0.259 e. The molecule has 8 heteroatoms. The number of rotatable bonds is 2. The van der Waals surface area contributed by atoms with Gasteiger partial charge in [-0.05, 0) is 0 Å². The predicted octanol–water partition coefficient (Wildman–Crippen LogP) is 4.43. The summed E-state index contributed by atoms with van der Waals surface area (Å²) in [5.74, 6) is -0.433. The second-order valence-corrected chi connectivity index (χ2v) is 3.42. The van der Waals surface area contributed by atoms with Gasteiger partial charge in [0.05, 0.1) is 27.7 Å². The number of nitrogens with zero attached hydrogens (tertiary/aromatic N) is 1. The Kier molecular flexibility index (Phi) is 3.96. The van der Waals surface area contributed by atoms with Gasteiger partial charge in [-0.1, -0.05) is 11.6 Å². The first-order valence-corrected chi connectivity index (χ1v) is 4.78. The molecule has 0 fully saturated rings. The Morgan fingerprint density at radius 2 is 1.88 bits per heavy atom. The van der Waals surface area contributed by atoms with Crippen molar-refractivity contribution in [2.75, 3.05) is 0 Å². The fourth-order valence-corrected chi connectivity index (χ4v) is 1.63. The van der Waals surface area contributed by atoms with Crippen LogP contribution < -0.4 is 0 Å². The highest BCUT2D eigenvalue weighted by molar-refractivity contribution is 6.32. The van der Waals surface area contributed by atoms with E-state index in [9.17, 15) is 22.0 Å². The summed E-state index contributed by atoms with van der Waals surface area (Å²) in [6, 6.07) is 0. The second-order valence-electron chi connectivity index (χ2n) is 2.78. The molecular weight excluding hydrogens is 276 g/mol. The first kappa shape index (κ1) is 13.4. The van der Waals surface area contributed by atoms with Gasteiger partial charge in [-0.3, -0.25) is 4.98 Å². The maximum atomic E-state index is 12.5. The minimum absolute atomic E-state index is 0.352. The lowest BCUT2D eigenvalue weighted by Crippen LogP contribution is -2.10. The molecule has 0 aliphatic heterocycles. The molecule has 1 aromatic rings. The Labute approximate surface area is 97.2 Å². The van der Waals surface area contributed by atoms with Crippen molar-refractivity contribution in [2.45, 2.75) is 18.5 Å². The van der Waals surface area contributed by atoms with E-state index < -0.39 is 34.6 Å². The first-order valence-electron chi connectivity index (χ1n) is 3.87. The lowest BCUT2D eigenvalue weighted by Gasteiger charge is -2.13. The van der Waals surface area contributed by atoms with E-state index in [4.69, 9.17) is 23.2 Å². The van der Waals surface area contributed by atoms with Crippen LogP contribution in [0.4, 0.5) is 22.0 Å². The number of halogens is 7. The molecule has 0 spiro atoms. The molecule has 0 saturated carbocycles. The predicted molar refractivity (Wildman–Crippen MR) is 48.8 cm³/mol. The van der Waals surface area contributed by atoms with Crippen LogP contribution in [0, 0.1) is 0 Å². The molecule has 0 N–H and O–H groups in total. The summed E-state index contributed by atoms with van der Waals surface area (Å²) >= 11 is 10.6. The summed E-state index contributed by atoms with van der Waals surface area (Å²) in [6.07, 6.45) is -7.58. The highest BCUT2D eigenvalue weighted by Gasteiger charge is 2.36. The van der Waals surface area contributed by atoms with E-state index in [1.165, 1.54) is 0 Å². The van der Waals surface area contributed by atoms with Crippen molar-refractivity contribution in [3.8, 4) is 0 Å². The van der Waals surface area contributed by atoms with Gasteiger partial charge in [-0.15, -0.1) is 11.6 Å². The van der Waals surface area contributed by atoms with Crippen molar-refractivity contribution in [2.24, 2.45) is 0 Å². The molecule has 90 valence electrons. The molecule has 16 heavy (non-hydrogen) atoms. The standard InChI is InChI=1S/C8H4Cl2F5N/c9-1-4-5(7(11)12)6(10)3(2-16-4)8(13,14)15/h2,7H,1H2. The summed E-state index contributed by atoms with van der Waals surface area (Å²) in [4.78, 5) is 3.23. The topological polar surface area (TPSA) is 12.9 Å². The Morgan fingerprint density at radius 1 is 1.31 bits per heavy atom. The van der Waals surface area contributed by atoms with Crippen LogP contribution in [-0.2, 0) is 12.1 Å². The average Bonchev–Trinajstić information content (AvgIpc) is 2.14. The fraction of sp³-hybridized carbons (Fsp3) is 0.375. The molecule has 0 atom stereocenters. The summed E-state index contributed by atoms with van der Waals surface area (Å²) in [5.41, 5.74) is -2.71. The van der Waals surface area contributed by atoms with E-state index in [2.05, 4.69) is 4.98 Å². The van der Waals surface area contributed by atoms with Crippen molar-refractivity contribution in [3.63, 3.8) is 0 Å². The van der Waals surface area contributed by atoms with Crippen molar-refractivity contribution in [1.82, 2.24) is 4.98 Å². The molecule has 0 aliphatic carbocycles. The molecule has 0 radical (unpaired) electrons. The van der Waals surface area contributed by atoms with Gasteiger partial charge in [0.2, 0.25) is 0 Å². The molecule has 0 unspecified atom stereocenters. The van der Waals surface area contributed by atoms with Gasteiger partial charge in [0.15, 0.2) is 0 Å². The molecule has 0 aliphatic rings. The largest absolute Gasteiger partial charge is 0.419 e. The highest BCUT2D eigenvalue weighted by atomic mass is 35.5. The molecule has 1 rings (SSSR count). The van der Waals surface area contributed by atoms with Crippen LogP contribution in [0.5, 0.6) is 0 Å². The second kappa shape index (κ2) is 4.71. The van der Waals surface area contributed by atoms with E-state index in [0.717, 1.165) is 0 Å². The zero-order chi connectivity index (χ0) is 12.5. The molecule has 1 heterocycles. The van der Waals surface area contributed by atoms with E-state index in [1.807, 2.05) is 0 Å². The maximum absolute atomic E-state index is 12.5. The number of hydrogen-bond donors (Lipinski definition) is 0. The average molecular weight is 280 g/mol. The normalized spacial score (nSPS) is 12.2. The van der Waals surface area contributed by atoms with Gasteiger partial charge >= 0.3 is 6.18 Å². The van der Waals surface area contributed by atoms with Gasteiger partial charge in [0, 0.05) is 6.20 Å². The van der Waals surface area contributed by atoms with E-state index in [0.29, 0.717) is 6.20 Å². The van der Waals surface area contributed by atoms with Crippen LogP contribution in [0.3, 0.4) is 0 Å². The lowest BCUT2D eigenvalue weighted by molar-refractivity contribution is -0.137. The molecular formula is C8H4Cl2F5N. The Morgan fingerprint density at radius 3 is 2.25 bits per heavy atom. The van der Waals surface area contributed by atoms with Gasteiger partial charge in [0.1, 0.15) is 0 Å². The van der Waals surface area contributed by atoms with Crippen LogP contribution in [0.15, 0.2) is 6.20 Å². The van der Waals surface area contributed by atoms with Crippen molar-refractivity contribution in [1.29, 1.82) is 0 Å². The summed E-state index contributed by atoms with van der Waals surface area (Å²) < 4.78 is 62.0. The van der Waals surface area contributed by atoms with Crippen molar-refractivity contribution >= 4 is 23.2 Å². The quantitative estimate of drug-likeness (QED) is 0.576. The molecule has 0 amide bonds. The smallest absolute Gasteiger partial charge is 0.259 e. The van der Waals surface area contributed by atoms with Gasteiger partial charge in [-0.25, -0.2) is 8.78 Å². The van der Waals surface area contributed by atoms with Gasteiger partial charge < -0.3 is 0 Å².